The highest BCUT2D eigenvalue weighted by atomic mass is 32.1. The van der Waals surface area contributed by atoms with Crippen LogP contribution in [0.5, 0.6) is 0 Å². The zero-order valence-corrected chi connectivity index (χ0v) is 8.92. The molecule has 2 rings (SSSR count). The Morgan fingerprint density at radius 1 is 1.25 bits per heavy atom. The van der Waals surface area contributed by atoms with Crippen molar-refractivity contribution in [1.29, 1.82) is 0 Å². The Kier molecular flexibility index (Phi) is 1.70. The monoisotopic (exact) mass is 198 g/mol. The number of hydrogen-bond acceptors (Lipinski definition) is 4. The predicted octanol–water partition coefficient (Wildman–Crippen LogP) is 3.05. The summed E-state index contributed by atoms with van der Waals surface area (Å²) < 4.78 is 0. The van der Waals surface area contributed by atoms with Crippen molar-refractivity contribution >= 4 is 32.3 Å². The molecule has 0 aliphatic rings. The van der Waals surface area contributed by atoms with Gasteiger partial charge in [-0.3, -0.25) is 0 Å². The molecule has 0 fully saturated rings. The Morgan fingerprint density at radius 2 is 2.00 bits per heavy atom. The molecule has 64 valence electrons. The molecule has 0 aromatic carbocycles. The van der Waals surface area contributed by atoms with Crippen molar-refractivity contribution in [2.24, 2.45) is 0 Å². The SMILES string of the molecule is CC(C)(C)c1nc2scnc2s1. The van der Waals surface area contributed by atoms with E-state index < -0.39 is 0 Å². The smallest absolute Gasteiger partial charge is 0.154 e. The maximum atomic E-state index is 4.52. The fourth-order valence-corrected chi connectivity index (χ4v) is 2.72. The van der Waals surface area contributed by atoms with Crippen molar-refractivity contribution in [2.45, 2.75) is 26.2 Å². The topological polar surface area (TPSA) is 25.8 Å². The molecule has 0 radical (unpaired) electrons. The van der Waals surface area contributed by atoms with Gasteiger partial charge < -0.3 is 0 Å². The zero-order valence-electron chi connectivity index (χ0n) is 7.29. The van der Waals surface area contributed by atoms with Gasteiger partial charge in [-0.1, -0.05) is 32.1 Å². The van der Waals surface area contributed by atoms with Crippen LogP contribution in [0.3, 0.4) is 0 Å². The van der Waals surface area contributed by atoms with E-state index in [2.05, 4.69) is 30.7 Å². The van der Waals surface area contributed by atoms with E-state index in [1.807, 2.05) is 5.51 Å². The standard InChI is InChI=1S/C8H10N2S2/c1-8(2,3)7-10-6-5(12-7)9-4-11-6/h4H,1-3H3. The van der Waals surface area contributed by atoms with E-state index in [0.717, 1.165) is 9.66 Å². The van der Waals surface area contributed by atoms with E-state index >= 15 is 0 Å². The third kappa shape index (κ3) is 1.25. The van der Waals surface area contributed by atoms with Crippen LogP contribution in [-0.4, -0.2) is 9.97 Å². The number of hydrogen-bond donors (Lipinski definition) is 0. The van der Waals surface area contributed by atoms with E-state index in [0.29, 0.717) is 0 Å². The molecule has 12 heavy (non-hydrogen) atoms. The van der Waals surface area contributed by atoms with Crippen LogP contribution >= 0.6 is 22.7 Å². The minimum absolute atomic E-state index is 0.158. The molecule has 2 heterocycles. The first-order valence-electron chi connectivity index (χ1n) is 3.78. The van der Waals surface area contributed by atoms with E-state index in [1.54, 1.807) is 22.7 Å². The molecule has 0 amide bonds. The average Bonchev–Trinajstić information content (AvgIpc) is 2.37. The number of nitrogens with zero attached hydrogens (tertiary/aromatic N) is 2. The van der Waals surface area contributed by atoms with Crippen LogP contribution < -0.4 is 0 Å². The summed E-state index contributed by atoms with van der Waals surface area (Å²) in [5, 5.41) is 1.18. The van der Waals surface area contributed by atoms with Gasteiger partial charge in [0.05, 0.1) is 5.51 Å². The number of thiazole rings is 2. The molecule has 0 saturated heterocycles. The first-order chi connectivity index (χ1) is 5.57. The maximum absolute atomic E-state index is 4.52. The minimum Gasteiger partial charge on any atom is -0.232 e. The van der Waals surface area contributed by atoms with Gasteiger partial charge in [-0.2, -0.15) is 0 Å². The Balaban J connectivity index is 2.59. The Labute approximate surface area is 79.3 Å². The lowest BCUT2D eigenvalue weighted by Crippen LogP contribution is -2.09. The highest BCUT2D eigenvalue weighted by molar-refractivity contribution is 7.25. The quantitative estimate of drug-likeness (QED) is 0.650. The van der Waals surface area contributed by atoms with Gasteiger partial charge in [-0.05, 0) is 0 Å². The third-order valence-corrected chi connectivity index (χ3v) is 3.79. The summed E-state index contributed by atoms with van der Waals surface area (Å²) in [6.07, 6.45) is 0. The molecule has 0 bridgehead atoms. The van der Waals surface area contributed by atoms with Gasteiger partial charge in [0.15, 0.2) is 9.66 Å². The lowest BCUT2D eigenvalue weighted by molar-refractivity contribution is 0.587. The van der Waals surface area contributed by atoms with Gasteiger partial charge in [-0.15, -0.1) is 11.3 Å². The molecule has 0 aliphatic heterocycles. The highest BCUT2D eigenvalue weighted by Crippen LogP contribution is 2.31. The molecule has 0 atom stereocenters. The second kappa shape index (κ2) is 2.50. The van der Waals surface area contributed by atoms with Crippen LogP contribution in [-0.2, 0) is 5.41 Å². The Bertz CT molecular complexity index is 366. The molecule has 4 heteroatoms. The Hall–Kier alpha value is -0.480. The van der Waals surface area contributed by atoms with Crippen molar-refractivity contribution in [1.82, 2.24) is 9.97 Å². The van der Waals surface area contributed by atoms with Crippen LogP contribution in [0.2, 0.25) is 0 Å². The van der Waals surface area contributed by atoms with Crippen molar-refractivity contribution in [3.8, 4) is 0 Å². The second-order valence-electron chi connectivity index (χ2n) is 3.73. The van der Waals surface area contributed by atoms with Crippen molar-refractivity contribution < 1.29 is 0 Å². The molecular weight excluding hydrogens is 188 g/mol. The number of aromatic nitrogens is 2. The summed E-state index contributed by atoms with van der Waals surface area (Å²) in [6.45, 7) is 6.53. The molecular formula is C8H10N2S2. The third-order valence-electron chi connectivity index (χ3n) is 1.56. The Morgan fingerprint density at radius 3 is 2.58 bits per heavy atom. The van der Waals surface area contributed by atoms with Gasteiger partial charge >= 0.3 is 0 Å². The van der Waals surface area contributed by atoms with Crippen LogP contribution in [0.1, 0.15) is 25.8 Å². The fraction of sp³-hybridized carbons (Fsp3) is 0.500. The molecule has 2 aromatic rings. The lowest BCUT2D eigenvalue weighted by atomic mass is 9.98. The largest absolute Gasteiger partial charge is 0.232 e. The normalized spacial score (nSPS) is 12.6. The molecule has 0 N–H and O–H groups in total. The van der Waals surface area contributed by atoms with Crippen LogP contribution in [0.4, 0.5) is 0 Å². The van der Waals surface area contributed by atoms with Crippen molar-refractivity contribution in [3.05, 3.63) is 10.5 Å². The van der Waals surface area contributed by atoms with E-state index in [-0.39, 0.29) is 5.41 Å². The molecule has 2 aromatic heterocycles. The van der Waals surface area contributed by atoms with E-state index in [4.69, 9.17) is 0 Å². The summed E-state index contributed by atoms with van der Waals surface area (Å²) in [5.74, 6) is 0. The summed E-state index contributed by atoms with van der Waals surface area (Å²) in [5.41, 5.74) is 2.01. The summed E-state index contributed by atoms with van der Waals surface area (Å²) in [7, 11) is 0. The highest BCUT2D eigenvalue weighted by Gasteiger charge is 2.19. The van der Waals surface area contributed by atoms with Crippen LogP contribution in [0, 0.1) is 0 Å². The number of rotatable bonds is 0. The lowest BCUT2D eigenvalue weighted by Gasteiger charge is -2.12. The van der Waals surface area contributed by atoms with Gasteiger partial charge in [0, 0.05) is 5.41 Å². The van der Waals surface area contributed by atoms with Crippen LogP contribution in [0.25, 0.3) is 9.66 Å². The van der Waals surface area contributed by atoms with Gasteiger partial charge in [0.25, 0.3) is 0 Å². The molecule has 2 nitrogen and oxygen atoms in total. The fourth-order valence-electron chi connectivity index (χ4n) is 0.901. The van der Waals surface area contributed by atoms with Crippen molar-refractivity contribution in [2.75, 3.05) is 0 Å². The maximum Gasteiger partial charge on any atom is 0.154 e. The van der Waals surface area contributed by atoms with Gasteiger partial charge in [0.1, 0.15) is 5.01 Å². The first kappa shape index (κ1) is 8.13. The van der Waals surface area contributed by atoms with Gasteiger partial charge in [-0.25, -0.2) is 9.97 Å². The molecule has 0 aliphatic carbocycles. The van der Waals surface area contributed by atoms with Crippen LogP contribution in [0.15, 0.2) is 5.51 Å². The van der Waals surface area contributed by atoms with E-state index in [9.17, 15) is 0 Å². The van der Waals surface area contributed by atoms with Crippen molar-refractivity contribution in [3.63, 3.8) is 0 Å². The summed E-state index contributed by atoms with van der Waals surface area (Å²) in [4.78, 5) is 10.9. The minimum atomic E-state index is 0.158. The summed E-state index contributed by atoms with van der Waals surface area (Å²) in [6, 6.07) is 0. The molecule has 0 saturated carbocycles. The second-order valence-corrected chi connectivity index (χ2v) is 5.54. The van der Waals surface area contributed by atoms with E-state index in [1.165, 1.54) is 5.01 Å². The zero-order chi connectivity index (χ0) is 8.77. The summed E-state index contributed by atoms with van der Waals surface area (Å²) >= 11 is 3.31. The molecule has 0 spiro atoms. The van der Waals surface area contributed by atoms with Gasteiger partial charge in [0.2, 0.25) is 0 Å². The number of fused-ring (bicyclic) bond motifs is 1. The predicted molar refractivity (Wildman–Crippen MR) is 54.0 cm³/mol. The first-order valence-corrected chi connectivity index (χ1v) is 5.47. The molecule has 0 unspecified atom stereocenters. The average molecular weight is 198 g/mol.